The highest BCUT2D eigenvalue weighted by molar-refractivity contribution is 9.10. The van der Waals surface area contributed by atoms with Crippen molar-refractivity contribution < 1.29 is 4.79 Å². The Morgan fingerprint density at radius 2 is 1.95 bits per heavy atom. The Bertz CT molecular complexity index is 570. The van der Waals surface area contributed by atoms with E-state index in [2.05, 4.69) is 33.2 Å². The lowest BCUT2D eigenvalue weighted by Gasteiger charge is -2.10. The Hall–Kier alpha value is -1.68. The smallest absolute Gasteiger partial charge is 0.213 e. The zero-order valence-corrected chi connectivity index (χ0v) is 12.3. The van der Waals surface area contributed by atoms with Crippen LogP contribution in [-0.2, 0) is 0 Å². The molecule has 3 nitrogen and oxygen atoms in total. The molecule has 0 bridgehead atoms. The maximum Gasteiger partial charge on any atom is 0.213 e. The Kier molecular flexibility index (Phi) is 4.68. The van der Waals surface area contributed by atoms with Gasteiger partial charge < -0.3 is 5.32 Å². The summed E-state index contributed by atoms with van der Waals surface area (Å²) in [5.74, 6) is -0.0690. The number of anilines is 1. The number of nitrogens with one attached hydrogen (secondary N) is 1. The fourth-order valence-electron chi connectivity index (χ4n) is 1.74. The zero-order valence-electron chi connectivity index (χ0n) is 10.7. The van der Waals surface area contributed by atoms with E-state index in [0.29, 0.717) is 15.9 Å². The molecule has 4 heteroatoms. The summed E-state index contributed by atoms with van der Waals surface area (Å²) in [5, 5.41) is 3.24. The molecule has 0 amide bonds. The second kappa shape index (κ2) is 6.48. The molecule has 0 atom stereocenters. The molecule has 2 rings (SSSR count). The summed E-state index contributed by atoms with van der Waals surface area (Å²) in [7, 11) is 0. The van der Waals surface area contributed by atoms with Crippen LogP contribution in [0.15, 0.2) is 47.1 Å². The molecule has 98 valence electrons. The number of pyridine rings is 1. The molecule has 0 aliphatic carbocycles. The van der Waals surface area contributed by atoms with Gasteiger partial charge in [-0.25, -0.2) is 4.98 Å². The van der Waals surface area contributed by atoms with Crippen molar-refractivity contribution in [2.45, 2.75) is 13.3 Å². The molecule has 0 aliphatic rings. The number of aromatic nitrogens is 1. The molecule has 0 saturated heterocycles. The second-order valence-electron chi connectivity index (χ2n) is 4.15. The number of hydrogen-bond donors (Lipinski definition) is 1. The van der Waals surface area contributed by atoms with Crippen LogP contribution in [0.1, 0.15) is 29.4 Å². The van der Waals surface area contributed by atoms with Crippen LogP contribution in [0.3, 0.4) is 0 Å². The molecule has 0 radical (unpaired) electrons. The Balaban J connectivity index is 2.37. The first-order valence-corrected chi connectivity index (χ1v) is 7.02. The minimum Gasteiger partial charge on any atom is -0.383 e. The largest absolute Gasteiger partial charge is 0.383 e. The highest BCUT2D eigenvalue weighted by Crippen LogP contribution is 2.20. The van der Waals surface area contributed by atoms with Gasteiger partial charge in [0.1, 0.15) is 10.3 Å². The number of rotatable bonds is 5. The highest BCUT2D eigenvalue weighted by atomic mass is 79.9. The third-order valence-corrected chi connectivity index (χ3v) is 3.12. The summed E-state index contributed by atoms with van der Waals surface area (Å²) in [4.78, 5) is 16.8. The third-order valence-electron chi connectivity index (χ3n) is 2.68. The fourth-order valence-corrected chi connectivity index (χ4v) is 2.05. The van der Waals surface area contributed by atoms with Gasteiger partial charge in [0.15, 0.2) is 0 Å². The molecule has 19 heavy (non-hydrogen) atoms. The van der Waals surface area contributed by atoms with Crippen LogP contribution in [-0.4, -0.2) is 17.3 Å². The SMILES string of the molecule is CCCNc1ccc(Br)nc1C(=O)c1ccccc1. The van der Waals surface area contributed by atoms with E-state index in [4.69, 9.17) is 0 Å². The normalized spacial score (nSPS) is 10.2. The first kappa shape index (κ1) is 13.7. The van der Waals surface area contributed by atoms with Gasteiger partial charge in [0, 0.05) is 12.1 Å². The van der Waals surface area contributed by atoms with Crippen molar-refractivity contribution in [3.8, 4) is 0 Å². The number of halogens is 1. The van der Waals surface area contributed by atoms with E-state index >= 15 is 0 Å². The lowest BCUT2D eigenvalue weighted by Crippen LogP contribution is -2.11. The van der Waals surface area contributed by atoms with Crippen LogP contribution in [0, 0.1) is 0 Å². The van der Waals surface area contributed by atoms with Crippen molar-refractivity contribution in [2.75, 3.05) is 11.9 Å². The first-order valence-electron chi connectivity index (χ1n) is 6.22. The average molecular weight is 319 g/mol. The van der Waals surface area contributed by atoms with Crippen molar-refractivity contribution in [3.63, 3.8) is 0 Å². The van der Waals surface area contributed by atoms with Gasteiger partial charge in [-0.15, -0.1) is 0 Å². The topological polar surface area (TPSA) is 42.0 Å². The number of hydrogen-bond acceptors (Lipinski definition) is 3. The van der Waals surface area contributed by atoms with Crippen LogP contribution in [0.4, 0.5) is 5.69 Å². The second-order valence-corrected chi connectivity index (χ2v) is 4.96. The summed E-state index contributed by atoms with van der Waals surface area (Å²) in [6, 6.07) is 12.9. The van der Waals surface area contributed by atoms with Gasteiger partial charge in [-0.1, -0.05) is 37.3 Å². The van der Waals surface area contributed by atoms with Gasteiger partial charge in [-0.2, -0.15) is 0 Å². The lowest BCUT2D eigenvalue weighted by molar-refractivity contribution is 0.103. The predicted octanol–water partition coefficient (Wildman–Crippen LogP) is 3.90. The zero-order chi connectivity index (χ0) is 13.7. The van der Waals surface area contributed by atoms with E-state index < -0.39 is 0 Å². The molecule has 1 aromatic heterocycles. The molecular formula is C15H15BrN2O. The molecule has 0 fully saturated rings. The van der Waals surface area contributed by atoms with Crippen LogP contribution in [0.2, 0.25) is 0 Å². The maximum atomic E-state index is 12.5. The summed E-state index contributed by atoms with van der Waals surface area (Å²) < 4.78 is 0.661. The molecule has 1 N–H and O–H groups in total. The van der Waals surface area contributed by atoms with Crippen molar-refractivity contribution in [1.82, 2.24) is 4.98 Å². The van der Waals surface area contributed by atoms with Gasteiger partial charge in [-0.3, -0.25) is 4.79 Å². The minimum absolute atomic E-state index is 0.0690. The molecule has 2 aromatic rings. The van der Waals surface area contributed by atoms with E-state index in [1.807, 2.05) is 30.3 Å². The molecule has 1 aromatic carbocycles. The van der Waals surface area contributed by atoms with Gasteiger partial charge in [-0.05, 0) is 34.5 Å². The van der Waals surface area contributed by atoms with E-state index in [1.165, 1.54) is 0 Å². The molecule has 0 aliphatic heterocycles. The minimum atomic E-state index is -0.0690. The molecule has 0 unspecified atom stereocenters. The van der Waals surface area contributed by atoms with Gasteiger partial charge in [0.2, 0.25) is 5.78 Å². The maximum absolute atomic E-state index is 12.5. The summed E-state index contributed by atoms with van der Waals surface area (Å²) in [6.45, 7) is 2.90. The Morgan fingerprint density at radius 1 is 1.21 bits per heavy atom. The van der Waals surface area contributed by atoms with Crippen molar-refractivity contribution in [2.24, 2.45) is 0 Å². The van der Waals surface area contributed by atoms with Crippen LogP contribution in [0.5, 0.6) is 0 Å². The van der Waals surface area contributed by atoms with Gasteiger partial charge in [0.25, 0.3) is 0 Å². The summed E-state index contributed by atoms with van der Waals surface area (Å²) in [5.41, 5.74) is 1.88. The summed E-state index contributed by atoms with van der Waals surface area (Å²) in [6.07, 6.45) is 0.995. The first-order chi connectivity index (χ1) is 9.22. The fraction of sp³-hybridized carbons (Fsp3) is 0.200. The highest BCUT2D eigenvalue weighted by Gasteiger charge is 2.15. The molecular weight excluding hydrogens is 304 g/mol. The van der Waals surface area contributed by atoms with Crippen molar-refractivity contribution in [3.05, 3.63) is 58.3 Å². The monoisotopic (exact) mass is 318 g/mol. The molecule has 0 saturated carbocycles. The number of nitrogens with zero attached hydrogens (tertiary/aromatic N) is 1. The molecule has 0 spiro atoms. The van der Waals surface area contributed by atoms with Crippen molar-refractivity contribution >= 4 is 27.4 Å². The van der Waals surface area contributed by atoms with E-state index in [1.54, 1.807) is 12.1 Å². The number of ketones is 1. The van der Waals surface area contributed by atoms with E-state index in [9.17, 15) is 4.79 Å². The standard InChI is InChI=1S/C15H15BrN2O/c1-2-10-17-12-8-9-13(16)18-14(12)15(19)11-6-4-3-5-7-11/h3-9,17H,2,10H2,1H3. The van der Waals surface area contributed by atoms with Gasteiger partial charge in [0.05, 0.1) is 5.69 Å². The van der Waals surface area contributed by atoms with Crippen LogP contribution >= 0.6 is 15.9 Å². The van der Waals surface area contributed by atoms with Crippen molar-refractivity contribution in [1.29, 1.82) is 0 Å². The average Bonchev–Trinajstić information content (AvgIpc) is 2.46. The van der Waals surface area contributed by atoms with Crippen LogP contribution < -0.4 is 5.32 Å². The van der Waals surface area contributed by atoms with Crippen LogP contribution in [0.25, 0.3) is 0 Å². The van der Waals surface area contributed by atoms with E-state index in [0.717, 1.165) is 18.7 Å². The lowest BCUT2D eigenvalue weighted by atomic mass is 10.1. The Labute approximate surface area is 121 Å². The quantitative estimate of drug-likeness (QED) is 0.671. The van der Waals surface area contributed by atoms with Gasteiger partial charge >= 0.3 is 0 Å². The van der Waals surface area contributed by atoms with E-state index in [-0.39, 0.29) is 5.78 Å². The molecule has 1 heterocycles. The number of carbonyl (C=O) groups excluding carboxylic acids is 1. The summed E-state index contributed by atoms with van der Waals surface area (Å²) >= 11 is 3.31. The predicted molar refractivity (Wildman–Crippen MR) is 80.6 cm³/mol. The third kappa shape index (κ3) is 3.41. The number of carbonyl (C=O) groups is 1. The Morgan fingerprint density at radius 3 is 2.63 bits per heavy atom. The number of benzene rings is 1.